The zero-order valence-corrected chi connectivity index (χ0v) is 11.1. The lowest BCUT2D eigenvalue weighted by atomic mass is 10.3. The summed E-state index contributed by atoms with van der Waals surface area (Å²) in [5, 5.41) is 0. The summed E-state index contributed by atoms with van der Waals surface area (Å²) in [6, 6.07) is 3.81. The Balaban J connectivity index is 2.21. The predicted molar refractivity (Wildman–Crippen MR) is 72.0 cm³/mol. The fourth-order valence-electron chi connectivity index (χ4n) is 1.63. The molecule has 0 saturated heterocycles. The van der Waals surface area contributed by atoms with Gasteiger partial charge in [0.15, 0.2) is 5.65 Å². The number of imidazole rings is 1. The minimum absolute atomic E-state index is 0.630. The zero-order chi connectivity index (χ0) is 12.0. The number of aromatic nitrogens is 3. The van der Waals surface area contributed by atoms with E-state index in [1.807, 2.05) is 13.0 Å². The van der Waals surface area contributed by atoms with E-state index in [0.29, 0.717) is 20.1 Å². The number of pyridine rings is 1. The highest BCUT2D eigenvalue weighted by molar-refractivity contribution is 7.20. The summed E-state index contributed by atoms with van der Waals surface area (Å²) in [6.07, 6.45) is 1.79. The molecular weight excluding hydrogens is 277 g/mol. The molecule has 3 rings (SSSR count). The second kappa shape index (κ2) is 3.98. The molecule has 17 heavy (non-hydrogen) atoms. The molecule has 0 spiro atoms. The molecule has 1 N–H and O–H groups in total. The molecule has 0 unspecified atom stereocenters. The summed E-state index contributed by atoms with van der Waals surface area (Å²) >= 11 is 13.3. The van der Waals surface area contributed by atoms with Gasteiger partial charge in [-0.25, -0.2) is 9.97 Å². The minimum atomic E-state index is 0.630. The molecular formula is C11H7Cl2N3S. The second-order valence-corrected chi connectivity index (χ2v) is 5.99. The molecule has 3 nitrogen and oxygen atoms in total. The van der Waals surface area contributed by atoms with Crippen LogP contribution in [0.5, 0.6) is 0 Å². The molecule has 0 bridgehead atoms. The smallest absolute Gasteiger partial charge is 0.178 e. The quantitative estimate of drug-likeness (QED) is 0.723. The van der Waals surface area contributed by atoms with Crippen molar-refractivity contribution in [2.45, 2.75) is 6.92 Å². The summed E-state index contributed by atoms with van der Waals surface area (Å²) < 4.78 is 1.28. The van der Waals surface area contributed by atoms with Crippen LogP contribution < -0.4 is 0 Å². The topological polar surface area (TPSA) is 41.6 Å². The molecule has 0 saturated carbocycles. The van der Waals surface area contributed by atoms with E-state index < -0.39 is 0 Å². The predicted octanol–water partition coefficient (Wildman–Crippen LogP) is 4.30. The van der Waals surface area contributed by atoms with Gasteiger partial charge in [-0.1, -0.05) is 23.2 Å². The van der Waals surface area contributed by atoms with Crippen molar-refractivity contribution in [1.82, 2.24) is 15.0 Å². The molecule has 6 heteroatoms. The van der Waals surface area contributed by atoms with Crippen LogP contribution in [-0.4, -0.2) is 15.0 Å². The number of aromatic amines is 1. The third-order valence-corrected chi connectivity index (χ3v) is 3.87. The molecule has 0 amide bonds. The van der Waals surface area contributed by atoms with Gasteiger partial charge in [0.1, 0.15) is 10.2 Å². The van der Waals surface area contributed by atoms with E-state index in [4.69, 9.17) is 23.2 Å². The summed E-state index contributed by atoms with van der Waals surface area (Å²) in [4.78, 5) is 11.8. The van der Waals surface area contributed by atoms with E-state index in [1.54, 1.807) is 12.3 Å². The molecule has 0 aliphatic carbocycles. The van der Waals surface area contributed by atoms with Crippen LogP contribution in [0.3, 0.4) is 0 Å². The second-order valence-electron chi connectivity index (χ2n) is 3.71. The molecule has 3 heterocycles. The highest BCUT2D eigenvalue weighted by Crippen LogP contribution is 2.37. The van der Waals surface area contributed by atoms with Gasteiger partial charge in [-0.15, -0.1) is 11.3 Å². The molecule has 0 fully saturated rings. The van der Waals surface area contributed by atoms with Gasteiger partial charge in [0.2, 0.25) is 0 Å². The average Bonchev–Trinajstić information content (AvgIpc) is 2.80. The Kier molecular flexibility index (Phi) is 2.58. The lowest BCUT2D eigenvalue weighted by Crippen LogP contribution is -1.78. The molecule has 0 atom stereocenters. The summed E-state index contributed by atoms with van der Waals surface area (Å²) in [5.74, 6) is 0.700. The fraction of sp³-hybridized carbons (Fsp3) is 0.0909. The van der Waals surface area contributed by atoms with Crippen LogP contribution in [0.15, 0.2) is 18.3 Å². The molecule has 0 radical (unpaired) electrons. The van der Waals surface area contributed by atoms with Crippen LogP contribution in [-0.2, 0) is 0 Å². The van der Waals surface area contributed by atoms with Gasteiger partial charge in [-0.05, 0) is 24.6 Å². The van der Waals surface area contributed by atoms with E-state index in [1.165, 1.54) is 11.3 Å². The van der Waals surface area contributed by atoms with Crippen LogP contribution in [0, 0.1) is 6.92 Å². The van der Waals surface area contributed by atoms with E-state index in [-0.39, 0.29) is 0 Å². The Bertz CT molecular complexity index is 702. The van der Waals surface area contributed by atoms with Crippen molar-refractivity contribution in [1.29, 1.82) is 0 Å². The van der Waals surface area contributed by atoms with Crippen LogP contribution in [0.2, 0.25) is 8.67 Å². The van der Waals surface area contributed by atoms with Gasteiger partial charge in [0, 0.05) is 11.8 Å². The van der Waals surface area contributed by atoms with Crippen molar-refractivity contribution in [3.8, 4) is 11.4 Å². The molecule has 0 aliphatic heterocycles. The number of hydrogen-bond acceptors (Lipinski definition) is 3. The Labute approximate surface area is 111 Å². The number of H-pyrrole nitrogens is 1. The van der Waals surface area contributed by atoms with Crippen LogP contribution in [0.1, 0.15) is 5.56 Å². The number of nitrogens with one attached hydrogen (secondary N) is 1. The maximum Gasteiger partial charge on any atom is 0.178 e. The van der Waals surface area contributed by atoms with Gasteiger partial charge in [-0.3, -0.25) is 0 Å². The van der Waals surface area contributed by atoms with Crippen molar-refractivity contribution in [2.24, 2.45) is 0 Å². The normalized spacial score (nSPS) is 11.2. The first-order valence-corrected chi connectivity index (χ1v) is 6.48. The summed E-state index contributed by atoms with van der Waals surface area (Å²) in [5.41, 5.74) is 3.49. The first-order chi connectivity index (χ1) is 8.13. The number of halogens is 2. The van der Waals surface area contributed by atoms with Gasteiger partial charge in [0.05, 0.1) is 9.85 Å². The monoisotopic (exact) mass is 283 g/mol. The first-order valence-electron chi connectivity index (χ1n) is 4.91. The molecule has 3 aromatic heterocycles. The highest BCUT2D eigenvalue weighted by atomic mass is 35.5. The third kappa shape index (κ3) is 1.92. The number of thiophene rings is 1. The Morgan fingerprint density at radius 2 is 2.12 bits per heavy atom. The van der Waals surface area contributed by atoms with E-state index in [9.17, 15) is 0 Å². The standard InChI is InChI=1S/C11H7Cl2N3S/c1-5-2-7-11(14-4-5)16-10(15-7)6-3-8(12)17-9(6)13/h2-4H,1H3,(H,14,15,16). The molecule has 86 valence electrons. The van der Waals surface area contributed by atoms with Gasteiger partial charge in [0.25, 0.3) is 0 Å². The number of nitrogens with zero attached hydrogens (tertiary/aromatic N) is 2. The van der Waals surface area contributed by atoms with Gasteiger partial charge < -0.3 is 4.98 Å². The molecule has 3 aromatic rings. The lowest BCUT2D eigenvalue weighted by molar-refractivity contribution is 1.28. The van der Waals surface area contributed by atoms with Crippen molar-refractivity contribution in [3.63, 3.8) is 0 Å². The van der Waals surface area contributed by atoms with Crippen LogP contribution in [0.4, 0.5) is 0 Å². The van der Waals surface area contributed by atoms with Crippen LogP contribution >= 0.6 is 34.5 Å². The largest absolute Gasteiger partial charge is 0.336 e. The lowest BCUT2D eigenvalue weighted by Gasteiger charge is -1.90. The first kappa shape index (κ1) is 11.0. The summed E-state index contributed by atoms with van der Waals surface area (Å²) in [6.45, 7) is 1.99. The van der Waals surface area contributed by atoms with Gasteiger partial charge in [-0.2, -0.15) is 0 Å². The Morgan fingerprint density at radius 1 is 1.29 bits per heavy atom. The minimum Gasteiger partial charge on any atom is -0.336 e. The SMILES string of the molecule is Cc1cnc2nc(-c3cc(Cl)sc3Cl)[nH]c2c1. The fourth-order valence-corrected chi connectivity index (χ4v) is 3.10. The maximum atomic E-state index is 6.09. The van der Waals surface area contributed by atoms with Crippen LogP contribution in [0.25, 0.3) is 22.6 Å². The number of hydrogen-bond donors (Lipinski definition) is 1. The van der Waals surface area contributed by atoms with Crippen molar-refractivity contribution < 1.29 is 0 Å². The zero-order valence-electron chi connectivity index (χ0n) is 8.79. The maximum absolute atomic E-state index is 6.09. The Morgan fingerprint density at radius 3 is 2.82 bits per heavy atom. The number of fused-ring (bicyclic) bond motifs is 1. The summed E-state index contributed by atoms with van der Waals surface area (Å²) in [7, 11) is 0. The van der Waals surface area contributed by atoms with Crippen molar-refractivity contribution in [3.05, 3.63) is 32.6 Å². The highest BCUT2D eigenvalue weighted by Gasteiger charge is 2.12. The average molecular weight is 284 g/mol. The third-order valence-electron chi connectivity index (χ3n) is 2.39. The van der Waals surface area contributed by atoms with E-state index in [2.05, 4.69) is 15.0 Å². The van der Waals surface area contributed by atoms with E-state index in [0.717, 1.165) is 16.6 Å². The van der Waals surface area contributed by atoms with E-state index >= 15 is 0 Å². The number of aryl methyl sites for hydroxylation is 1. The molecule has 0 aromatic carbocycles. The Hall–Kier alpha value is -1.10. The number of rotatable bonds is 1. The van der Waals surface area contributed by atoms with Crippen molar-refractivity contribution in [2.75, 3.05) is 0 Å². The van der Waals surface area contributed by atoms with Crippen molar-refractivity contribution >= 4 is 45.7 Å². The molecule has 0 aliphatic rings. The van der Waals surface area contributed by atoms with Gasteiger partial charge >= 0.3 is 0 Å².